The van der Waals surface area contributed by atoms with Crippen LogP contribution in [0.3, 0.4) is 0 Å². The molecule has 33 heavy (non-hydrogen) atoms. The Balaban J connectivity index is 1.78. The van der Waals surface area contributed by atoms with Crippen LogP contribution in [0, 0.1) is 29.6 Å². The highest BCUT2D eigenvalue weighted by molar-refractivity contribution is 5.95. The van der Waals surface area contributed by atoms with E-state index in [0.717, 1.165) is 5.56 Å². The lowest BCUT2D eigenvalue weighted by molar-refractivity contribution is -0.172. The highest BCUT2D eigenvalue weighted by atomic mass is 16.6. The molecule has 1 spiro atoms. The van der Waals surface area contributed by atoms with Gasteiger partial charge in [0.1, 0.15) is 5.78 Å². The highest BCUT2D eigenvalue weighted by Crippen LogP contribution is 2.50. The summed E-state index contributed by atoms with van der Waals surface area (Å²) >= 11 is 0. The van der Waals surface area contributed by atoms with Crippen molar-refractivity contribution in [3.8, 4) is 0 Å². The lowest BCUT2D eigenvalue weighted by atomic mass is 9.63. The number of esters is 1. The number of nitrogens with one attached hydrogen (secondary N) is 1. The second-order valence-corrected chi connectivity index (χ2v) is 9.85. The molecule has 1 fully saturated rings. The first-order chi connectivity index (χ1) is 15.7. The van der Waals surface area contributed by atoms with E-state index < -0.39 is 17.5 Å². The summed E-state index contributed by atoms with van der Waals surface area (Å²) in [5.74, 6) is -1.83. The van der Waals surface area contributed by atoms with E-state index >= 15 is 0 Å². The maximum absolute atomic E-state index is 13.6. The largest absolute Gasteiger partial charge is 0.444 e. The van der Waals surface area contributed by atoms with Gasteiger partial charge in [0.05, 0.1) is 0 Å². The van der Waals surface area contributed by atoms with Crippen LogP contribution in [0.25, 0.3) is 0 Å². The van der Waals surface area contributed by atoms with Gasteiger partial charge in [-0.25, -0.2) is 4.79 Å². The van der Waals surface area contributed by atoms with E-state index in [-0.39, 0.29) is 41.4 Å². The molecule has 174 valence electrons. The third-order valence-electron chi connectivity index (χ3n) is 7.65. The van der Waals surface area contributed by atoms with Crippen LogP contribution in [0.4, 0.5) is 0 Å². The fourth-order valence-corrected chi connectivity index (χ4v) is 5.70. The van der Waals surface area contributed by atoms with Crippen LogP contribution in [0.5, 0.6) is 0 Å². The lowest BCUT2D eigenvalue weighted by Gasteiger charge is -2.44. The Morgan fingerprint density at radius 1 is 1.06 bits per heavy atom. The highest BCUT2D eigenvalue weighted by Gasteiger charge is 2.64. The van der Waals surface area contributed by atoms with Gasteiger partial charge in [0, 0.05) is 35.8 Å². The summed E-state index contributed by atoms with van der Waals surface area (Å²) < 4.78 is 6.10. The summed E-state index contributed by atoms with van der Waals surface area (Å²) in [5.41, 5.74) is 0.995. The first-order valence-electron chi connectivity index (χ1n) is 11.9. The second-order valence-electron chi connectivity index (χ2n) is 9.85. The van der Waals surface area contributed by atoms with Gasteiger partial charge in [-0.05, 0) is 31.2 Å². The zero-order valence-corrected chi connectivity index (χ0v) is 19.8. The molecule has 2 heterocycles. The van der Waals surface area contributed by atoms with Crippen molar-refractivity contribution in [2.75, 3.05) is 0 Å². The van der Waals surface area contributed by atoms with Crippen molar-refractivity contribution in [3.63, 3.8) is 0 Å². The van der Waals surface area contributed by atoms with Gasteiger partial charge in [-0.15, -0.1) is 0 Å². The Morgan fingerprint density at radius 3 is 2.52 bits per heavy atom. The molecular weight excluding hydrogens is 414 g/mol. The van der Waals surface area contributed by atoms with Gasteiger partial charge in [-0.1, -0.05) is 81.0 Å². The monoisotopic (exact) mass is 447 g/mol. The summed E-state index contributed by atoms with van der Waals surface area (Å²) in [7, 11) is 0. The van der Waals surface area contributed by atoms with Crippen LogP contribution < -0.4 is 5.32 Å². The molecule has 1 amide bonds. The van der Waals surface area contributed by atoms with Crippen LogP contribution >= 0.6 is 0 Å². The molecule has 7 atom stereocenters. The van der Waals surface area contributed by atoms with Crippen LogP contribution in [0.2, 0.25) is 0 Å². The minimum atomic E-state index is -1.31. The predicted molar refractivity (Wildman–Crippen MR) is 127 cm³/mol. The first-order valence-corrected chi connectivity index (χ1v) is 11.9. The van der Waals surface area contributed by atoms with Crippen molar-refractivity contribution in [1.82, 2.24) is 5.32 Å². The number of hydrogen-bond acceptors (Lipinski definition) is 4. The minimum absolute atomic E-state index is 0.0615. The van der Waals surface area contributed by atoms with Gasteiger partial charge >= 0.3 is 5.97 Å². The molecule has 1 N–H and O–H groups in total. The number of Topliss-reactive ketones (excluding diaryl/α,β-unsaturated/α-hetero) is 1. The number of allylic oxidation sites excluding steroid dienone is 3. The van der Waals surface area contributed by atoms with Gasteiger partial charge in [-0.2, -0.15) is 0 Å². The molecule has 1 aliphatic carbocycles. The third-order valence-corrected chi connectivity index (χ3v) is 7.65. The zero-order chi connectivity index (χ0) is 23.8. The molecule has 2 aliphatic heterocycles. The average Bonchev–Trinajstić information content (AvgIpc) is 3.06. The van der Waals surface area contributed by atoms with Gasteiger partial charge in [0.25, 0.3) is 5.91 Å². The number of rotatable bonds is 2. The number of ketones is 1. The molecule has 0 aromatic heterocycles. The maximum Gasteiger partial charge on any atom is 0.331 e. The average molecular weight is 448 g/mol. The number of amides is 1. The van der Waals surface area contributed by atoms with Gasteiger partial charge in [0.15, 0.2) is 0 Å². The summed E-state index contributed by atoms with van der Waals surface area (Å²) in [6, 6.07) is 9.92. The quantitative estimate of drug-likeness (QED) is 0.545. The van der Waals surface area contributed by atoms with E-state index in [1.54, 1.807) is 13.0 Å². The van der Waals surface area contributed by atoms with Gasteiger partial charge in [-0.3, -0.25) is 9.59 Å². The smallest absolute Gasteiger partial charge is 0.331 e. The molecular formula is C28H33NO4. The van der Waals surface area contributed by atoms with Gasteiger partial charge in [0.2, 0.25) is 5.60 Å². The van der Waals surface area contributed by atoms with E-state index in [1.807, 2.05) is 37.3 Å². The zero-order valence-electron chi connectivity index (χ0n) is 19.8. The third kappa shape index (κ3) is 4.21. The summed E-state index contributed by atoms with van der Waals surface area (Å²) in [5, 5.41) is 3.18. The summed E-state index contributed by atoms with van der Waals surface area (Å²) in [6.45, 7) is 7.88. The molecule has 5 heteroatoms. The van der Waals surface area contributed by atoms with E-state index in [9.17, 15) is 14.4 Å². The molecule has 5 nitrogen and oxygen atoms in total. The maximum atomic E-state index is 13.6. The fourth-order valence-electron chi connectivity index (χ4n) is 5.70. The van der Waals surface area contributed by atoms with Crippen molar-refractivity contribution in [2.24, 2.45) is 29.6 Å². The Kier molecular flexibility index (Phi) is 6.42. The van der Waals surface area contributed by atoms with E-state index in [0.29, 0.717) is 12.8 Å². The molecule has 1 aromatic rings. The number of ether oxygens (including phenoxy) is 1. The van der Waals surface area contributed by atoms with Gasteiger partial charge < -0.3 is 10.1 Å². The number of carbonyl (C=O) groups is 3. The van der Waals surface area contributed by atoms with Crippen molar-refractivity contribution >= 4 is 17.7 Å². The predicted octanol–water partition coefficient (Wildman–Crippen LogP) is 4.20. The molecule has 4 rings (SSSR count). The van der Waals surface area contributed by atoms with E-state index in [1.165, 1.54) is 11.6 Å². The Labute approximate surface area is 196 Å². The molecule has 1 aromatic carbocycles. The second kappa shape index (κ2) is 9.12. The molecule has 1 unspecified atom stereocenters. The fraction of sp³-hybridized carbons (Fsp3) is 0.464. The summed E-state index contributed by atoms with van der Waals surface area (Å²) in [6.07, 6.45) is 10.1. The number of hydrogen-bond donors (Lipinski definition) is 1. The molecule has 0 bridgehead atoms. The SMILES string of the molecule is CC1=C[C@@H]2/C=C/C[C@H](C)C(=O)[C@@H](C)/C=C/C(=O)O[C@]23C(=O)NC(Cc2ccccc2)[C@@H]3[C@@H]1C. The first kappa shape index (κ1) is 23.2. The van der Waals surface area contributed by atoms with Crippen LogP contribution in [-0.2, 0) is 25.5 Å². The van der Waals surface area contributed by atoms with E-state index in [4.69, 9.17) is 4.74 Å². The van der Waals surface area contributed by atoms with Crippen molar-refractivity contribution < 1.29 is 19.1 Å². The number of carbonyl (C=O) groups excluding carboxylic acids is 3. The minimum Gasteiger partial charge on any atom is -0.444 e. The van der Waals surface area contributed by atoms with Crippen LogP contribution in [0.1, 0.15) is 39.7 Å². The Hall–Kier alpha value is -2.95. The molecule has 1 saturated heterocycles. The van der Waals surface area contributed by atoms with Crippen LogP contribution in [0.15, 0.2) is 66.3 Å². The Bertz CT molecular complexity index is 1020. The van der Waals surface area contributed by atoms with E-state index in [2.05, 4.69) is 37.4 Å². The van der Waals surface area contributed by atoms with Crippen molar-refractivity contribution in [3.05, 3.63) is 71.8 Å². The normalized spacial score (nSPS) is 38.5. The molecule has 3 aliphatic rings. The van der Waals surface area contributed by atoms with Crippen molar-refractivity contribution in [2.45, 2.75) is 52.2 Å². The lowest BCUT2D eigenvalue weighted by Crippen LogP contribution is -2.56. The Morgan fingerprint density at radius 2 is 1.79 bits per heavy atom. The number of benzene rings is 1. The van der Waals surface area contributed by atoms with Crippen LogP contribution in [-0.4, -0.2) is 29.3 Å². The standard InChI is InChI=1S/C28H33NO4/c1-17-9-8-12-22-15-19(3)20(4)25-23(16-21-10-6-5-7-11-21)29-27(32)28(22,25)33-24(30)14-13-18(2)26(17)31/h5-8,10-15,17-18,20,22-23,25H,9,16H2,1-4H3,(H,29,32)/b12-8+,14-13+/t17-,18-,20+,22-,23?,25-,28+/m0/s1. The summed E-state index contributed by atoms with van der Waals surface area (Å²) in [4.78, 5) is 39.2. The van der Waals surface area contributed by atoms with Crippen molar-refractivity contribution in [1.29, 1.82) is 0 Å². The topological polar surface area (TPSA) is 72.5 Å². The molecule has 0 radical (unpaired) electrons. The molecule has 0 saturated carbocycles.